The maximum absolute atomic E-state index is 11.3. The van der Waals surface area contributed by atoms with Crippen molar-refractivity contribution >= 4 is 5.82 Å². The van der Waals surface area contributed by atoms with Gasteiger partial charge in [-0.15, -0.1) is 0 Å². The lowest BCUT2D eigenvalue weighted by Gasteiger charge is -2.08. The summed E-state index contributed by atoms with van der Waals surface area (Å²) in [5, 5.41) is 18.0. The van der Waals surface area contributed by atoms with Crippen molar-refractivity contribution in [2.24, 2.45) is 7.05 Å². The molecule has 0 spiro atoms. The Morgan fingerprint density at radius 2 is 2.15 bits per heavy atom. The summed E-state index contributed by atoms with van der Waals surface area (Å²) < 4.78 is 1.13. The summed E-state index contributed by atoms with van der Waals surface area (Å²) in [5.41, 5.74) is 5.13. The van der Waals surface area contributed by atoms with Crippen LogP contribution in [0.1, 0.15) is 11.1 Å². The number of hydrogen-bond donors (Lipinski definition) is 2. The van der Waals surface area contributed by atoms with Gasteiger partial charge >= 0.3 is 0 Å². The molecule has 0 saturated heterocycles. The normalized spacial score (nSPS) is 9.62. The van der Waals surface area contributed by atoms with Crippen molar-refractivity contribution < 1.29 is 5.11 Å². The van der Waals surface area contributed by atoms with Gasteiger partial charge < -0.3 is 10.8 Å². The van der Waals surface area contributed by atoms with E-state index < -0.39 is 5.56 Å². The van der Waals surface area contributed by atoms with E-state index in [0.29, 0.717) is 0 Å². The van der Waals surface area contributed by atoms with E-state index >= 15 is 0 Å². The van der Waals surface area contributed by atoms with E-state index in [4.69, 9.17) is 11.0 Å². The van der Waals surface area contributed by atoms with Crippen LogP contribution < -0.4 is 11.3 Å². The van der Waals surface area contributed by atoms with Crippen molar-refractivity contribution in [3.63, 3.8) is 0 Å². The minimum atomic E-state index is -0.394. The molecular weight excluding hydrogens is 170 g/mol. The van der Waals surface area contributed by atoms with Crippen molar-refractivity contribution in [3.8, 4) is 11.8 Å². The fraction of sp³-hybridized carbons (Fsp3) is 0.250. The third kappa shape index (κ3) is 1.12. The van der Waals surface area contributed by atoms with Crippen molar-refractivity contribution in [2.75, 3.05) is 5.73 Å². The lowest BCUT2D eigenvalue weighted by Crippen LogP contribution is -2.23. The van der Waals surface area contributed by atoms with Gasteiger partial charge in [0.15, 0.2) is 0 Å². The molecule has 0 aliphatic rings. The minimum absolute atomic E-state index is 0.0180. The first-order valence-corrected chi connectivity index (χ1v) is 3.58. The molecule has 3 N–H and O–H groups in total. The number of aromatic hydroxyl groups is 1. The first-order chi connectivity index (χ1) is 6.00. The molecule has 1 heterocycles. The number of pyridine rings is 1. The Morgan fingerprint density at radius 3 is 2.62 bits per heavy atom. The van der Waals surface area contributed by atoms with E-state index in [0.717, 1.165) is 4.57 Å². The van der Waals surface area contributed by atoms with Crippen LogP contribution in [0.3, 0.4) is 0 Å². The zero-order valence-corrected chi connectivity index (χ0v) is 7.33. The number of aromatic nitrogens is 1. The molecule has 0 bridgehead atoms. The second-order valence-electron chi connectivity index (χ2n) is 2.71. The van der Waals surface area contributed by atoms with Gasteiger partial charge in [-0.2, -0.15) is 5.26 Å². The molecule has 0 aliphatic carbocycles. The zero-order valence-electron chi connectivity index (χ0n) is 7.33. The summed E-state index contributed by atoms with van der Waals surface area (Å²) in [6.45, 7) is 1.44. The summed E-state index contributed by atoms with van der Waals surface area (Å²) in [6.07, 6.45) is 0. The highest BCUT2D eigenvalue weighted by Gasteiger charge is 2.14. The number of anilines is 1. The van der Waals surface area contributed by atoms with Gasteiger partial charge in [0.05, 0.1) is 5.56 Å². The lowest BCUT2D eigenvalue weighted by atomic mass is 10.2. The lowest BCUT2D eigenvalue weighted by molar-refractivity contribution is 0.466. The molecule has 0 atom stereocenters. The Bertz CT molecular complexity index is 422. The van der Waals surface area contributed by atoms with Crippen molar-refractivity contribution in [2.45, 2.75) is 6.92 Å². The second kappa shape index (κ2) is 2.83. The summed E-state index contributed by atoms with van der Waals surface area (Å²) >= 11 is 0. The van der Waals surface area contributed by atoms with Crippen molar-refractivity contribution in [1.82, 2.24) is 4.57 Å². The fourth-order valence-corrected chi connectivity index (χ4v) is 1.05. The SMILES string of the molecule is Cc1c(O)c(C#N)c(N)n(C)c1=O. The number of hydrogen-bond acceptors (Lipinski definition) is 4. The molecule has 0 saturated carbocycles. The topological polar surface area (TPSA) is 92.0 Å². The van der Waals surface area contributed by atoms with E-state index in [9.17, 15) is 9.90 Å². The van der Waals surface area contributed by atoms with Gasteiger partial charge in [-0.1, -0.05) is 0 Å². The average Bonchev–Trinajstić information content (AvgIpc) is 2.13. The fourth-order valence-electron chi connectivity index (χ4n) is 1.05. The molecular formula is C8H9N3O2. The monoisotopic (exact) mass is 179 g/mol. The highest BCUT2D eigenvalue weighted by Crippen LogP contribution is 2.22. The molecule has 5 heteroatoms. The Morgan fingerprint density at radius 1 is 1.62 bits per heavy atom. The molecule has 0 fully saturated rings. The summed E-state index contributed by atoms with van der Waals surface area (Å²) in [7, 11) is 1.45. The van der Waals surface area contributed by atoms with Crippen LogP contribution in [-0.4, -0.2) is 9.67 Å². The highest BCUT2D eigenvalue weighted by molar-refractivity contribution is 5.59. The molecule has 0 unspecified atom stereocenters. The molecule has 68 valence electrons. The largest absolute Gasteiger partial charge is 0.506 e. The third-order valence-corrected chi connectivity index (χ3v) is 1.95. The van der Waals surface area contributed by atoms with Crippen LogP contribution in [0.4, 0.5) is 5.82 Å². The molecule has 0 radical (unpaired) electrons. The third-order valence-electron chi connectivity index (χ3n) is 1.95. The molecule has 1 aromatic rings. The number of rotatable bonds is 0. The van der Waals surface area contributed by atoms with E-state index in [1.807, 2.05) is 0 Å². The van der Waals surface area contributed by atoms with Crippen molar-refractivity contribution in [1.29, 1.82) is 5.26 Å². The van der Waals surface area contributed by atoms with Crippen LogP contribution in [0.2, 0.25) is 0 Å². The Labute approximate surface area is 74.6 Å². The predicted molar refractivity (Wildman–Crippen MR) is 47.2 cm³/mol. The van der Waals surface area contributed by atoms with Crippen molar-refractivity contribution in [3.05, 3.63) is 21.5 Å². The summed E-state index contributed by atoms with van der Waals surface area (Å²) in [6, 6.07) is 1.74. The highest BCUT2D eigenvalue weighted by atomic mass is 16.3. The Kier molecular flexibility index (Phi) is 1.98. The predicted octanol–water partition coefficient (Wildman–Crippen LogP) is -0.147. The van der Waals surface area contributed by atoms with Crippen LogP contribution >= 0.6 is 0 Å². The van der Waals surface area contributed by atoms with Crippen LogP contribution in [-0.2, 0) is 7.05 Å². The zero-order chi connectivity index (χ0) is 10.2. The van der Waals surface area contributed by atoms with Crippen LogP contribution in [0.25, 0.3) is 0 Å². The molecule has 1 aromatic heterocycles. The molecule has 0 amide bonds. The van der Waals surface area contributed by atoms with Crippen LogP contribution in [0.15, 0.2) is 4.79 Å². The summed E-state index contributed by atoms with van der Waals surface area (Å²) in [5.74, 6) is -0.348. The second-order valence-corrected chi connectivity index (χ2v) is 2.71. The van der Waals surface area contributed by atoms with E-state index in [-0.39, 0.29) is 22.7 Å². The average molecular weight is 179 g/mol. The molecule has 1 rings (SSSR count). The molecule has 13 heavy (non-hydrogen) atoms. The maximum atomic E-state index is 11.3. The maximum Gasteiger partial charge on any atom is 0.258 e. The first kappa shape index (κ1) is 9.13. The first-order valence-electron chi connectivity index (χ1n) is 3.58. The summed E-state index contributed by atoms with van der Waals surface area (Å²) in [4.78, 5) is 11.3. The van der Waals surface area contributed by atoms with E-state index in [1.54, 1.807) is 6.07 Å². The van der Waals surface area contributed by atoms with Gasteiger partial charge in [-0.3, -0.25) is 9.36 Å². The smallest absolute Gasteiger partial charge is 0.258 e. The molecule has 5 nitrogen and oxygen atoms in total. The van der Waals surface area contributed by atoms with Gasteiger partial charge in [-0.25, -0.2) is 0 Å². The van der Waals surface area contributed by atoms with Gasteiger partial charge in [0.25, 0.3) is 5.56 Å². The Hall–Kier alpha value is -1.96. The molecule has 0 aliphatic heterocycles. The van der Waals surface area contributed by atoms with Crippen LogP contribution in [0.5, 0.6) is 5.75 Å². The number of nitrogen functional groups attached to an aromatic ring is 1. The van der Waals surface area contributed by atoms with Crippen LogP contribution in [0, 0.1) is 18.3 Å². The van der Waals surface area contributed by atoms with E-state index in [2.05, 4.69) is 0 Å². The van der Waals surface area contributed by atoms with E-state index in [1.165, 1.54) is 14.0 Å². The Balaban J connectivity index is 3.80. The van der Waals surface area contributed by atoms with Gasteiger partial charge in [0, 0.05) is 7.05 Å². The number of nitriles is 1. The quantitative estimate of drug-likeness (QED) is 0.579. The minimum Gasteiger partial charge on any atom is -0.506 e. The standard InChI is InChI=1S/C8H9N3O2/c1-4-6(12)5(3-9)7(10)11(2)8(4)13/h12H,10H2,1-2H3. The number of nitrogens with two attached hydrogens (primary N) is 1. The van der Waals surface area contributed by atoms with Gasteiger partial charge in [0.2, 0.25) is 0 Å². The van der Waals surface area contributed by atoms with Gasteiger partial charge in [-0.05, 0) is 6.92 Å². The number of nitrogens with zero attached hydrogens (tertiary/aromatic N) is 2. The molecule has 0 aromatic carbocycles. The van der Waals surface area contributed by atoms with Gasteiger partial charge in [0.1, 0.15) is 23.2 Å².